The van der Waals surface area contributed by atoms with Crippen molar-refractivity contribution >= 4 is 17.4 Å². The molecule has 3 N–H and O–H groups in total. The number of amidine groups is 1. The minimum absolute atomic E-state index is 0.00493. The normalized spacial score (nSPS) is 24.8. The highest BCUT2D eigenvalue weighted by Crippen LogP contribution is 2.47. The first-order valence-electron chi connectivity index (χ1n) is 8.89. The molecule has 0 saturated carbocycles. The molecule has 3 heterocycles. The van der Waals surface area contributed by atoms with Gasteiger partial charge in [-0.15, -0.1) is 0 Å². The average molecular weight is 379 g/mol. The zero-order valence-electron chi connectivity index (χ0n) is 14.7. The van der Waals surface area contributed by atoms with Gasteiger partial charge in [0.15, 0.2) is 0 Å². The SMILES string of the molecule is N#Cc1ccc2c(c1)C(=O)N1CCC3(CC21)N=C(N)c1c(F)ccc(F)c1N3. The highest BCUT2D eigenvalue weighted by atomic mass is 19.1. The summed E-state index contributed by atoms with van der Waals surface area (Å²) >= 11 is 0. The van der Waals surface area contributed by atoms with Crippen molar-refractivity contribution in [3.63, 3.8) is 0 Å². The van der Waals surface area contributed by atoms with Gasteiger partial charge in [0.1, 0.15) is 23.1 Å². The zero-order chi connectivity index (χ0) is 19.6. The van der Waals surface area contributed by atoms with Crippen LogP contribution in [-0.2, 0) is 0 Å². The molecule has 140 valence electrons. The van der Waals surface area contributed by atoms with Crippen molar-refractivity contribution in [2.24, 2.45) is 10.7 Å². The molecule has 1 spiro atoms. The van der Waals surface area contributed by atoms with E-state index in [1.54, 1.807) is 23.1 Å². The Kier molecular flexibility index (Phi) is 3.29. The Balaban J connectivity index is 1.57. The first-order valence-corrected chi connectivity index (χ1v) is 8.89. The lowest BCUT2D eigenvalue weighted by Gasteiger charge is -2.44. The van der Waals surface area contributed by atoms with Crippen LogP contribution in [0.25, 0.3) is 0 Å². The van der Waals surface area contributed by atoms with Gasteiger partial charge >= 0.3 is 0 Å². The van der Waals surface area contributed by atoms with Gasteiger partial charge in [-0.25, -0.2) is 13.8 Å². The first kappa shape index (κ1) is 16.7. The van der Waals surface area contributed by atoms with E-state index < -0.39 is 17.3 Å². The maximum absolute atomic E-state index is 14.4. The van der Waals surface area contributed by atoms with Crippen LogP contribution in [0.4, 0.5) is 14.5 Å². The number of benzene rings is 2. The predicted octanol–water partition coefficient (Wildman–Crippen LogP) is 2.65. The van der Waals surface area contributed by atoms with Crippen molar-refractivity contribution in [2.75, 3.05) is 11.9 Å². The topological polar surface area (TPSA) is 94.5 Å². The third-order valence-electron chi connectivity index (χ3n) is 5.76. The summed E-state index contributed by atoms with van der Waals surface area (Å²) in [4.78, 5) is 19.0. The molecule has 2 atom stereocenters. The van der Waals surface area contributed by atoms with Crippen molar-refractivity contribution < 1.29 is 13.6 Å². The molecule has 5 rings (SSSR count). The smallest absolute Gasteiger partial charge is 0.254 e. The lowest BCUT2D eigenvalue weighted by molar-refractivity contribution is 0.0605. The number of amides is 1. The highest BCUT2D eigenvalue weighted by molar-refractivity contribution is 6.05. The quantitative estimate of drug-likeness (QED) is 0.736. The summed E-state index contributed by atoms with van der Waals surface area (Å²) < 4.78 is 28.5. The Morgan fingerprint density at radius 1 is 1.29 bits per heavy atom. The molecule has 1 fully saturated rings. The second-order valence-corrected chi connectivity index (χ2v) is 7.32. The number of nitrogens with one attached hydrogen (secondary N) is 1. The van der Waals surface area contributed by atoms with Gasteiger partial charge in [0, 0.05) is 24.9 Å². The summed E-state index contributed by atoms with van der Waals surface area (Å²) in [5, 5.41) is 12.2. The monoisotopic (exact) mass is 379 g/mol. The van der Waals surface area contributed by atoms with Gasteiger partial charge in [0.25, 0.3) is 5.91 Å². The van der Waals surface area contributed by atoms with E-state index in [0.29, 0.717) is 30.5 Å². The lowest BCUT2D eigenvalue weighted by Crippen LogP contribution is -2.51. The number of hydrogen-bond donors (Lipinski definition) is 2. The number of halogens is 2. The molecule has 8 heteroatoms. The molecule has 3 aliphatic rings. The molecule has 1 amide bonds. The summed E-state index contributed by atoms with van der Waals surface area (Å²) in [6.45, 7) is 0.385. The van der Waals surface area contributed by atoms with Crippen LogP contribution in [0.1, 0.15) is 45.9 Å². The summed E-state index contributed by atoms with van der Waals surface area (Å²) in [6.07, 6.45) is 0.776. The van der Waals surface area contributed by atoms with Crippen molar-refractivity contribution in [3.05, 3.63) is 64.2 Å². The van der Waals surface area contributed by atoms with Gasteiger partial charge in [-0.1, -0.05) is 6.07 Å². The number of nitriles is 1. The predicted molar refractivity (Wildman–Crippen MR) is 97.6 cm³/mol. The molecule has 0 aromatic heterocycles. The fourth-order valence-electron chi connectivity index (χ4n) is 4.46. The third-order valence-corrected chi connectivity index (χ3v) is 5.76. The van der Waals surface area contributed by atoms with E-state index in [4.69, 9.17) is 11.0 Å². The second-order valence-electron chi connectivity index (χ2n) is 7.32. The van der Waals surface area contributed by atoms with Crippen LogP contribution in [0.3, 0.4) is 0 Å². The maximum atomic E-state index is 14.4. The molecule has 1 saturated heterocycles. The zero-order valence-corrected chi connectivity index (χ0v) is 14.7. The summed E-state index contributed by atoms with van der Waals surface area (Å²) in [7, 11) is 0. The van der Waals surface area contributed by atoms with Crippen molar-refractivity contribution in [3.8, 4) is 6.07 Å². The number of carbonyl (C=O) groups excluding carboxylic acids is 1. The molecule has 2 aromatic rings. The van der Waals surface area contributed by atoms with Crippen LogP contribution in [0, 0.1) is 23.0 Å². The van der Waals surface area contributed by atoms with E-state index in [2.05, 4.69) is 10.3 Å². The number of aliphatic imine (C=N–C) groups is 1. The summed E-state index contributed by atoms with van der Waals surface area (Å²) in [5.74, 6) is -1.42. The molecule has 2 unspecified atom stereocenters. The van der Waals surface area contributed by atoms with Gasteiger partial charge in [0.05, 0.1) is 28.9 Å². The number of nitrogens with zero attached hydrogens (tertiary/aromatic N) is 3. The Labute approximate surface area is 159 Å². The largest absolute Gasteiger partial charge is 0.383 e. The molecule has 3 aliphatic heterocycles. The number of carbonyl (C=O) groups is 1. The number of piperidine rings is 1. The molecular weight excluding hydrogens is 364 g/mol. The van der Waals surface area contributed by atoms with Crippen LogP contribution >= 0.6 is 0 Å². The van der Waals surface area contributed by atoms with Crippen molar-refractivity contribution in [1.29, 1.82) is 5.26 Å². The van der Waals surface area contributed by atoms with Gasteiger partial charge in [-0.3, -0.25) is 4.79 Å². The Morgan fingerprint density at radius 2 is 2.07 bits per heavy atom. The van der Waals surface area contributed by atoms with Crippen LogP contribution in [0.5, 0.6) is 0 Å². The molecule has 0 aliphatic carbocycles. The number of anilines is 1. The van der Waals surface area contributed by atoms with Gasteiger partial charge in [-0.05, 0) is 29.8 Å². The lowest BCUT2D eigenvalue weighted by atomic mass is 9.86. The van der Waals surface area contributed by atoms with Gasteiger partial charge in [0.2, 0.25) is 0 Å². The van der Waals surface area contributed by atoms with Crippen LogP contribution < -0.4 is 11.1 Å². The van der Waals surface area contributed by atoms with E-state index in [9.17, 15) is 13.6 Å². The summed E-state index contributed by atoms with van der Waals surface area (Å²) in [6, 6.07) is 8.90. The van der Waals surface area contributed by atoms with E-state index >= 15 is 0 Å². The van der Waals surface area contributed by atoms with Crippen molar-refractivity contribution in [2.45, 2.75) is 24.5 Å². The Morgan fingerprint density at radius 3 is 2.86 bits per heavy atom. The first-order chi connectivity index (χ1) is 13.4. The van der Waals surface area contributed by atoms with E-state index in [1.807, 2.05) is 6.07 Å². The average Bonchev–Trinajstić information content (AvgIpc) is 2.95. The maximum Gasteiger partial charge on any atom is 0.254 e. The fraction of sp³-hybridized carbons (Fsp3) is 0.250. The van der Waals surface area contributed by atoms with Crippen LogP contribution in [0.15, 0.2) is 35.3 Å². The molecule has 6 nitrogen and oxygen atoms in total. The number of nitrogens with two attached hydrogens (primary N) is 1. The third kappa shape index (κ3) is 2.16. The number of hydrogen-bond acceptors (Lipinski definition) is 5. The Hall–Kier alpha value is -3.47. The minimum atomic E-state index is -0.928. The second kappa shape index (κ2) is 5.52. The van der Waals surface area contributed by atoms with Crippen LogP contribution in [0.2, 0.25) is 0 Å². The van der Waals surface area contributed by atoms with Gasteiger partial charge in [-0.2, -0.15) is 5.26 Å². The van der Waals surface area contributed by atoms with E-state index in [1.165, 1.54) is 0 Å². The minimum Gasteiger partial charge on any atom is -0.383 e. The molecule has 28 heavy (non-hydrogen) atoms. The fourth-order valence-corrected chi connectivity index (χ4v) is 4.46. The van der Waals surface area contributed by atoms with Crippen LogP contribution in [-0.4, -0.2) is 28.9 Å². The molecular formula is C20H15F2N5O. The molecule has 2 aromatic carbocycles. The van der Waals surface area contributed by atoms with Gasteiger partial charge < -0.3 is 16.0 Å². The summed E-state index contributed by atoms with van der Waals surface area (Å²) in [5.41, 5.74) is 6.76. The molecule has 0 bridgehead atoms. The van der Waals surface area contributed by atoms with Crippen molar-refractivity contribution in [1.82, 2.24) is 4.90 Å². The number of rotatable bonds is 0. The van der Waals surface area contributed by atoms with E-state index in [-0.39, 0.29) is 29.0 Å². The number of fused-ring (bicyclic) bond motifs is 4. The molecule has 0 radical (unpaired) electrons. The highest BCUT2D eigenvalue weighted by Gasteiger charge is 2.49. The standard InChI is InChI=1S/C20H15F2N5O/c21-13-3-4-14(22)17-16(13)18(24)26-20(25-17)5-6-27-15(8-20)11-2-1-10(9-23)7-12(11)19(27)28/h1-4,7,15,25H,5-6,8H2,(H2,24,26). The van der Waals surface area contributed by atoms with E-state index in [0.717, 1.165) is 17.7 Å². The Bertz CT molecular complexity index is 1120.